The Kier molecular flexibility index (Phi) is 5.60. The number of rotatable bonds is 4. The van der Waals surface area contributed by atoms with Crippen LogP contribution in [0.4, 0.5) is 5.69 Å². The fourth-order valence-electron chi connectivity index (χ4n) is 1.89. The maximum Gasteiger partial charge on any atom is 0.256 e. The summed E-state index contributed by atoms with van der Waals surface area (Å²) in [6.45, 7) is 2.01. The van der Waals surface area contributed by atoms with Crippen molar-refractivity contribution in [2.75, 3.05) is 10.6 Å². The van der Waals surface area contributed by atoms with Crippen molar-refractivity contribution in [2.45, 2.75) is 13.3 Å². The predicted molar refractivity (Wildman–Crippen MR) is 95.8 cm³/mol. The van der Waals surface area contributed by atoms with Gasteiger partial charge in [-0.25, -0.2) is 0 Å². The van der Waals surface area contributed by atoms with Crippen molar-refractivity contribution in [3.8, 4) is 0 Å². The van der Waals surface area contributed by atoms with Crippen LogP contribution in [-0.2, 0) is 6.42 Å². The Morgan fingerprint density at radius 2 is 1.90 bits per heavy atom. The summed E-state index contributed by atoms with van der Waals surface area (Å²) in [5.74, 6) is -0.0636. The Morgan fingerprint density at radius 3 is 2.55 bits per heavy atom. The predicted octanol–water partition coefficient (Wildman–Crippen LogP) is 4.79. The summed E-state index contributed by atoms with van der Waals surface area (Å²) < 4.78 is 0.999. The van der Waals surface area contributed by atoms with E-state index in [9.17, 15) is 4.79 Å². The molecule has 2 nitrogen and oxygen atoms in total. The van der Waals surface area contributed by atoms with Crippen LogP contribution in [0.25, 0.3) is 0 Å². The topological polar surface area (TPSA) is 29.1 Å². The van der Waals surface area contributed by atoms with Crippen LogP contribution in [0, 0.1) is 10.5 Å². The normalized spacial score (nSPS) is 10.3. The lowest BCUT2D eigenvalue weighted by Crippen LogP contribution is -2.13. The number of carbonyl (C=O) groups excluding carboxylic acids is 1. The lowest BCUT2D eigenvalue weighted by molar-refractivity contribution is 0.102. The number of carbonyl (C=O) groups is 1. The Hall–Kier alpha value is -0.880. The van der Waals surface area contributed by atoms with Gasteiger partial charge >= 0.3 is 0 Å². The molecule has 2 aromatic carbocycles. The fourth-order valence-corrected chi connectivity index (χ4v) is 2.95. The van der Waals surface area contributed by atoms with Gasteiger partial charge in [0.15, 0.2) is 0 Å². The molecule has 0 saturated heterocycles. The van der Waals surface area contributed by atoms with Crippen LogP contribution in [-0.4, -0.2) is 11.2 Å². The minimum Gasteiger partial charge on any atom is -0.322 e. The van der Waals surface area contributed by atoms with Gasteiger partial charge in [0.2, 0.25) is 0 Å². The summed E-state index contributed by atoms with van der Waals surface area (Å²) in [5.41, 5.74) is 3.91. The van der Waals surface area contributed by atoms with Crippen LogP contribution in [0.3, 0.4) is 0 Å². The molecule has 0 heterocycles. The molecular weight excluding hydrogens is 429 g/mol. The number of aryl methyl sites for hydroxylation is 2. The Labute approximate surface area is 141 Å². The van der Waals surface area contributed by atoms with Crippen LogP contribution < -0.4 is 5.32 Å². The molecule has 0 aromatic heterocycles. The molecule has 0 fully saturated rings. The van der Waals surface area contributed by atoms with Crippen LogP contribution in [0.5, 0.6) is 0 Å². The first-order valence-electron chi connectivity index (χ1n) is 6.33. The standard InChI is InChI=1S/C16H15BrINO/c1-11-3-2-4-14(15(11)18)16(20)19-13-7-5-12(6-8-13)9-10-17/h2-8H,9-10H2,1H3,(H,19,20). The second-order valence-electron chi connectivity index (χ2n) is 4.53. The lowest BCUT2D eigenvalue weighted by Gasteiger charge is -2.09. The SMILES string of the molecule is Cc1cccc(C(=O)Nc2ccc(CCBr)cc2)c1I. The number of hydrogen-bond donors (Lipinski definition) is 1. The van der Waals surface area contributed by atoms with Gasteiger partial charge in [0.1, 0.15) is 0 Å². The van der Waals surface area contributed by atoms with Crippen LogP contribution >= 0.6 is 38.5 Å². The third kappa shape index (κ3) is 3.82. The smallest absolute Gasteiger partial charge is 0.256 e. The molecule has 0 aliphatic rings. The number of halogens is 2. The molecule has 1 amide bonds. The van der Waals surface area contributed by atoms with Crippen LogP contribution in [0.2, 0.25) is 0 Å². The first-order chi connectivity index (χ1) is 9.61. The van der Waals surface area contributed by atoms with Gasteiger partial charge in [-0.3, -0.25) is 4.79 Å². The molecule has 0 saturated carbocycles. The van der Waals surface area contributed by atoms with Crippen molar-refractivity contribution in [1.29, 1.82) is 0 Å². The second kappa shape index (κ2) is 7.22. The Morgan fingerprint density at radius 1 is 1.20 bits per heavy atom. The molecule has 0 spiro atoms. The van der Waals surface area contributed by atoms with Gasteiger partial charge in [-0.05, 0) is 65.3 Å². The zero-order chi connectivity index (χ0) is 14.5. The van der Waals surface area contributed by atoms with E-state index in [0.29, 0.717) is 0 Å². The molecule has 0 atom stereocenters. The van der Waals surface area contributed by atoms with Crippen LogP contribution in [0.15, 0.2) is 42.5 Å². The maximum absolute atomic E-state index is 12.3. The van der Waals surface area contributed by atoms with Crippen molar-refractivity contribution in [3.05, 3.63) is 62.7 Å². The van der Waals surface area contributed by atoms with E-state index in [1.54, 1.807) is 0 Å². The highest BCUT2D eigenvalue weighted by molar-refractivity contribution is 14.1. The molecule has 0 aliphatic heterocycles. The Balaban J connectivity index is 2.13. The number of nitrogens with one attached hydrogen (secondary N) is 1. The number of benzene rings is 2. The highest BCUT2D eigenvalue weighted by Gasteiger charge is 2.11. The molecule has 0 unspecified atom stereocenters. The van der Waals surface area contributed by atoms with E-state index in [0.717, 1.165) is 32.1 Å². The summed E-state index contributed by atoms with van der Waals surface area (Å²) in [6, 6.07) is 13.7. The zero-order valence-electron chi connectivity index (χ0n) is 11.1. The molecule has 0 radical (unpaired) electrons. The molecule has 104 valence electrons. The number of alkyl halides is 1. The zero-order valence-corrected chi connectivity index (χ0v) is 14.9. The van der Waals surface area contributed by atoms with Crippen molar-refractivity contribution >= 4 is 50.1 Å². The van der Waals surface area contributed by atoms with Gasteiger partial charge in [-0.15, -0.1) is 0 Å². The molecule has 2 aromatic rings. The van der Waals surface area contributed by atoms with E-state index in [2.05, 4.69) is 43.8 Å². The summed E-state index contributed by atoms with van der Waals surface area (Å²) >= 11 is 5.63. The van der Waals surface area contributed by atoms with Crippen molar-refractivity contribution < 1.29 is 4.79 Å². The third-order valence-electron chi connectivity index (χ3n) is 3.03. The summed E-state index contributed by atoms with van der Waals surface area (Å²) in [5, 5.41) is 3.88. The average Bonchev–Trinajstić information content (AvgIpc) is 2.44. The van der Waals surface area contributed by atoms with Gasteiger partial charge in [-0.2, -0.15) is 0 Å². The average molecular weight is 444 g/mol. The maximum atomic E-state index is 12.3. The highest BCUT2D eigenvalue weighted by Crippen LogP contribution is 2.18. The molecular formula is C16H15BrINO. The monoisotopic (exact) mass is 443 g/mol. The van der Waals surface area contributed by atoms with Crippen LogP contribution in [0.1, 0.15) is 21.5 Å². The van der Waals surface area contributed by atoms with Gasteiger partial charge in [0.25, 0.3) is 5.91 Å². The molecule has 2 rings (SSSR count). The third-order valence-corrected chi connectivity index (χ3v) is 4.86. The van der Waals surface area contributed by atoms with Crippen molar-refractivity contribution in [2.24, 2.45) is 0 Å². The number of hydrogen-bond acceptors (Lipinski definition) is 1. The molecule has 20 heavy (non-hydrogen) atoms. The number of anilines is 1. The summed E-state index contributed by atoms with van der Waals surface area (Å²) in [6.07, 6.45) is 0.990. The summed E-state index contributed by atoms with van der Waals surface area (Å²) in [4.78, 5) is 12.3. The first-order valence-corrected chi connectivity index (χ1v) is 8.53. The highest BCUT2D eigenvalue weighted by atomic mass is 127. The quantitative estimate of drug-likeness (QED) is 0.534. The molecule has 1 N–H and O–H groups in total. The number of amides is 1. The van der Waals surface area contributed by atoms with E-state index in [-0.39, 0.29) is 5.91 Å². The van der Waals surface area contributed by atoms with Gasteiger partial charge < -0.3 is 5.32 Å². The van der Waals surface area contributed by atoms with E-state index >= 15 is 0 Å². The molecule has 0 aliphatic carbocycles. The summed E-state index contributed by atoms with van der Waals surface area (Å²) in [7, 11) is 0. The molecule has 0 bridgehead atoms. The largest absolute Gasteiger partial charge is 0.322 e. The minimum absolute atomic E-state index is 0.0636. The van der Waals surface area contributed by atoms with E-state index in [1.807, 2.05) is 49.4 Å². The van der Waals surface area contributed by atoms with E-state index in [1.165, 1.54) is 5.56 Å². The van der Waals surface area contributed by atoms with E-state index < -0.39 is 0 Å². The minimum atomic E-state index is -0.0636. The first kappa shape index (κ1) is 15.5. The van der Waals surface area contributed by atoms with Gasteiger partial charge in [0.05, 0.1) is 5.56 Å². The Bertz CT molecular complexity index is 610. The lowest BCUT2D eigenvalue weighted by atomic mass is 10.1. The van der Waals surface area contributed by atoms with Crippen molar-refractivity contribution in [1.82, 2.24) is 0 Å². The fraction of sp³-hybridized carbons (Fsp3) is 0.188. The van der Waals surface area contributed by atoms with Crippen molar-refractivity contribution in [3.63, 3.8) is 0 Å². The molecule has 4 heteroatoms. The van der Waals surface area contributed by atoms with E-state index in [4.69, 9.17) is 0 Å². The second-order valence-corrected chi connectivity index (χ2v) is 6.40. The van der Waals surface area contributed by atoms with Gasteiger partial charge in [0, 0.05) is 14.6 Å². The van der Waals surface area contributed by atoms with Gasteiger partial charge in [-0.1, -0.05) is 40.2 Å².